The second kappa shape index (κ2) is 2.85. The summed E-state index contributed by atoms with van der Waals surface area (Å²) in [6, 6.07) is 7.81. The predicted molar refractivity (Wildman–Crippen MR) is 48.4 cm³/mol. The minimum Gasteiger partial charge on any atom is -0.361 e. The number of hydrogen-bond acceptors (Lipinski definition) is 2. The Bertz CT molecular complexity index is 421. The highest BCUT2D eigenvalue weighted by atomic mass is 32.1. The second-order valence-electron chi connectivity index (χ2n) is 2.26. The lowest BCUT2D eigenvalue weighted by Crippen LogP contribution is -1.76. The lowest BCUT2D eigenvalue weighted by molar-refractivity contribution is 0.00456. The quantitative estimate of drug-likeness (QED) is 0.371. The van der Waals surface area contributed by atoms with Gasteiger partial charge >= 0.3 is 6.21 Å². The van der Waals surface area contributed by atoms with Crippen molar-refractivity contribution in [2.75, 3.05) is 0 Å². The maximum atomic E-state index is 8.28. The molecule has 0 saturated heterocycles. The normalized spacial score (nSPS) is 9.67. The van der Waals surface area contributed by atoms with Crippen LogP contribution in [0.4, 0.5) is 0 Å². The molecule has 0 aliphatic rings. The van der Waals surface area contributed by atoms with Gasteiger partial charge in [0.1, 0.15) is 0 Å². The van der Waals surface area contributed by atoms with Crippen LogP contribution in [0, 0.1) is 0 Å². The van der Waals surface area contributed by atoms with Crippen LogP contribution >= 0.6 is 11.3 Å². The van der Waals surface area contributed by atoms with Gasteiger partial charge in [-0.05, 0) is 12.1 Å². The topological polar surface area (TPSA) is 49.3 Å². The van der Waals surface area contributed by atoms with Crippen molar-refractivity contribution >= 4 is 27.8 Å². The highest BCUT2D eigenvalue weighted by molar-refractivity contribution is 7.19. The lowest BCUT2D eigenvalue weighted by Gasteiger charge is -1.80. The predicted octanol–water partition coefficient (Wildman–Crippen LogP) is 1.95. The van der Waals surface area contributed by atoms with Crippen LogP contribution in [0.3, 0.4) is 0 Å². The van der Waals surface area contributed by atoms with E-state index in [1.54, 1.807) is 0 Å². The summed E-state index contributed by atoms with van der Waals surface area (Å²) in [4.78, 5) is 7.14. The zero-order valence-corrected chi connectivity index (χ0v) is 6.95. The summed E-state index contributed by atoms with van der Waals surface area (Å²) in [6.07, 6.45) is 1.34. The average Bonchev–Trinajstić information content (AvgIpc) is 2.47. The van der Waals surface area contributed by atoms with Crippen LogP contribution in [-0.2, 0) is 0 Å². The molecule has 0 unspecified atom stereocenters. The van der Waals surface area contributed by atoms with Crippen LogP contribution in [0.5, 0.6) is 0 Å². The minimum atomic E-state index is 0.721. The van der Waals surface area contributed by atoms with Crippen molar-refractivity contribution in [3.05, 3.63) is 34.8 Å². The second-order valence-corrected chi connectivity index (χ2v) is 3.33. The zero-order valence-electron chi connectivity index (χ0n) is 6.14. The molecule has 0 aliphatic heterocycles. The van der Waals surface area contributed by atoms with Crippen molar-refractivity contribution in [3.8, 4) is 0 Å². The van der Waals surface area contributed by atoms with E-state index in [4.69, 9.17) is 5.53 Å². The van der Waals surface area contributed by atoms with Gasteiger partial charge in [-0.25, -0.2) is 4.98 Å². The average molecular weight is 175 g/mol. The van der Waals surface area contributed by atoms with Crippen molar-refractivity contribution in [1.82, 2.24) is 4.98 Å². The number of thiazole rings is 1. The first-order valence-corrected chi connectivity index (χ1v) is 4.25. The van der Waals surface area contributed by atoms with Crippen LogP contribution < -0.4 is 0 Å². The van der Waals surface area contributed by atoms with E-state index in [2.05, 4.69) is 9.77 Å². The molecule has 2 rings (SSSR count). The first-order chi connectivity index (χ1) is 5.90. The van der Waals surface area contributed by atoms with Crippen LogP contribution in [0.15, 0.2) is 24.3 Å². The van der Waals surface area contributed by atoms with Gasteiger partial charge in [0, 0.05) is 0 Å². The van der Waals surface area contributed by atoms with Crippen LogP contribution in [0.1, 0.15) is 5.01 Å². The lowest BCUT2D eigenvalue weighted by atomic mass is 10.3. The number of fused-ring (bicyclic) bond motifs is 1. The standard InChI is InChI=1S/C8H5N3S/c9-10-5-8-11-6-3-1-2-4-7(6)12-8/h1-5H. The van der Waals surface area contributed by atoms with E-state index in [1.165, 1.54) is 17.6 Å². The SMILES string of the molecule is [N-]=[N+]=Cc1nc2ccccc2s1. The number of para-hydroxylation sites is 1. The summed E-state index contributed by atoms with van der Waals surface area (Å²) in [7, 11) is 0. The summed E-state index contributed by atoms with van der Waals surface area (Å²) in [6.45, 7) is 0. The molecule has 2 aromatic rings. The smallest absolute Gasteiger partial charge is 0.316 e. The maximum absolute atomic E-state index is 8.28. The summed E-state index contributed by atoms with van der Waals surface area (Å²) < 4.78 is 1.10. The van der Waals surface area contributed by atoms with Gasteiger partial charge in [-0.1, -0.05) is 12.1 Å². The molecule has 12 heavy (non-hydrogen) atoms. The van der Waals surface area contributed by atoms with Gasteiger partial charge in [0.15, 0.2) is 5.01 Å². The molecule has 58 valence electrons. The fourth-order valence-electron chi connectivity index (χ4n) is 0.995. The Kier molecular flexibility index (Phi) is 1.70. The molecular weight excluding hydrogens is 170 g/mol. The number of nitrogens with zero attached hydrogens (tertiary/aromatic N) is 3. The van der Waals surface area contributed by atoms with Gasteiger partial charge in [0.05, 0.1) is 10.2 Å². The monoisotopic (exact) mass is 175 g/mol. The Morgan fingerprint density at radius 3 is 3.00 bits per heavy atom. The molecule has 0 N–H and O–H groups in total. The molecule has 0 aliphatic carbocycles. The number of benzene rings is 1. The zero-order chi connectivity index (χ0) is 8.39. The van der Waals surface area contributed by atoms with Gasteiger partial charge in [0.25, 0.3) is 0 Å². The Morgan fingerprint density at radius 2 is 2.25 bits per heavy atom. The Hall–Kier alpha value is -1.51. The summed E-state index contributed by atoms with van der Waals surface area (Å²) >= 11 is 1.50. The molecule has 0 bridgehead atoms. The molecule has 0 atom stereocenters. The van der Waals surface area contributed by atoms with Crippen LogP contribution in [0.2, 0.25) is 0 Å². The van der Waals surface area contributed by atoms with E-state index in [-0.39, 0.29) is 0 Å². The molecule has 0 fully saturated rings. The molecule has 1 aromatic carbocycles. The summed E-state index contributed by atoms with van der Waals surface area (Å²) in [5.74, 6) is 0. The number of hydrogen-bond donors (Lipinski definition) is 0. The third-order valence-corrected chi connectivity index (χ3v) is 2.45. The molecule has 1 heterocycles. The van der Waals surface area contributed by atoms with E-state index < -0.39 is 0 Å². The first-order valence-electron chi connectivity index (χ1n) is 3.43. The van der Waals surface area contributed by atoms with E-state index in [0.29, 0.717) is 0 Å². The van der Waals surface area contributed by atoms with Crippen molar-refractivity contribution in [1.29, 1.82) is 0 Å². The highest BCUT2D eigenvalue weighted by Crippen LogP contribution is 2.19. The highest BCUT2D eigenvalue weighted by Gasteiger charge is 2.01. The van der Waals surface area contributed by atoms with Crippen LogP contribution in [-0.4, -0.2) is 16.0 Å². The molecular formula is C8H5N3S. The Morgan fingerprint density at radius 1 is 1.42 bits per heavy atom. The minimum absolute atomic E-state index is 0.721. The Balaban J connectivity index is 2.69. The molecule has 3 nitrogen and oxygen atoms in total. The van der Waals surface area contributed by atoms with Gasteiger partial charge < -0.3 is 5.53 Å². The molecule has 4 heteroatoms. The van der Waals surface area contributed by atoms with Gasteiger partial charge in [0.2, 0.25) is 0 Å². The Labute approximate surface area is 72.9 Å². The third kappa shape index (κ3) is 1.13. The van der Waals surface area contributed by atoms with Crippen LogP contribution in [0.25, 0.3) is 15.7 Å². The molecule has 0 spiro atoms. The molecule has 0 radical (unpaired) electrons. The molecule has 1 aromatic heterocycles. The molecule has 0 amide bonds. The number of aromatic nitrogens is 1. The van der Waals surface area contributed by atoms with E-state index >= 15 is 0 Å². The van der Waals surface area contributed by atoms with E-state index in [1.807, 2.05) is 24.3 Å². The fourth-order valence-corrected chi connectivity index (χ4v) is 1.83. The number of rotatable bonds is 1. The maximum Gasteiger partial charge on any atom is 0.316 e. The summed E-state index contributed by atoms with van der Waals surface area (Å²) in [5.41, 5.74) is 9.22. The van der Waals surface area contributed by atoms with Gasteiger partial charge in [-0.15, -0.1) is 11.3 Å². The summed E-state index contributed by atoms with van der Waals surface area (Å²) in [5, 5.41) is 0.721. The fraction of sp³-hybridized carbons (Fsp3) is 0. The van der Waals surface area contributed by atoms with Crippen molar-refractivity contribution < 1.29 is 4.79 Å². The van der Waals surface area contributed by atoms with Gasteiger partial charge in [-0.2, -0.15) is 4.79 Å². The van der Waals surface area contributed by atoms with Crippen molar-refractivity contribution in [3.63, 3.8) is 0 Å². The molecule has 0 saturated carbocycles. The van der Waals surface area contributed by atoms with E-state index in [9.17, 15) is 0 Å². The van der Waals surface area contributed by atoms with Gasteiger partial charge in [-0.3, -0.25) is 0 Å². The van der Waals surface area contributed by atoms with E-state index in [0.717, 1.165) is 15.2 Å². The first kappa shape index (κ1) is 7.16. The largest absolute Gasteiger partial charge is 0.361 e. The van der Waals surface area contributed by atoms with Crippen molar-refractivity contribution in [2.24, 2.45) is 0 Å². The third-order valence-electron chi connectivity index (χ3n) is 1.48. The van der Waals surface area contributed by atoms with Crippen molar-refractivity contribution in [2.45, 2.75) is 0 Å².